The highest BCUT2D eigenvalue weighted by molar-refractivity contribution is 5.77. The van der Waals surface area contributed by atoms with E-state index in [1.54, 1.807) is 19.1 Å². The van der Waals surface area contributed by atoms with Gasteiger partial charge in [0, 0.05) is 25.2 Å². The second-order valence-electron chi connectivity index (χ2n) is 5.12. The Morgan fingerprint density at radius 3 is 2.67 bits per heavy atom. The van der Waals surface area contributed by atoms with E-state index in [2.05, 4.69) is 5.32 Å². The third-order valence-corrected chi connectivity index (χ3v) is 3.35. The normalized spacial score (nSPS) is 10.6. The molecule has 0 saturated heterocycles. The number of rotatable bonds is 8. The zero-order valence-corrected chi connectivity index (χ0v) is 13.6. The van der Waals surface area contributed by atoms with Crippen LogP contribution in [0.3, 0.4) is 0 Å². The Morgan fingerprint density at radius 2 is 2.10 bits per heavy atom. The molecule has 0 atom stereocenters. The van der Waals surface area contributed by atoms with Crippen molar-refractivity contribution in [1.82, 2.24) is 10.2 Å². The number of carbonyl (C=O) groups is 1. The quantitative estimate of drug-likeness (QED) is 0.797. The molecule has 0 aliphatic heterocycles. The van der Waals surface area contributed by atoms with Gasteiger partial charge in [0.15, 0.2) is 18.1 Å². The predicted molar refractivity (Wildman–Crippen MR) is 83.8 cm³/mol. The van der Waals surface area contributed by atoms with Crippen LogP contribution in [-0.2, 0) is 11.3 Å². The Hall–Kier alpha value is -1.75. The molecule has 5 nitrogen and oxygen atoms in total. The smallest absolute Gasteiger partial charge is 0.260 e. The molecule has 0 radical (unpaired) electrons. The van der Waals surface area contributed by atoms with Gasteiger partial charge in [-0.3, -0.25) is 4.79 Å². The van der Waals surface area contributed by atoms with Gasteiger partial charge in [0.2, 0.25) is 0 Å². The number of benzene rings is 1. The van der Waals surface area contributed by atoms with Gasteiger partial charge in [-0.05, 0) is 26.5 Å². The van der Waals surface area contributed by atoms with E-state index in [0.717, 1.165) is 12.1 Å². The highest BCUT2D eigenvalue weighted by Gasteiger charge is 2.16. The lowest BCUT2D eigenvalue weighted by Crippen LogP contribution is -2.36. The van der Waals surface area contributed by atoms with Gasteiger partial charge in [-0.15, -0.1) is 0 Å². The first-order valence-corrected chi connectivity index (χ1v) is 7.26. The van der Waals surface area contributed by atoms with Gasteiger partial charge in [0.25, 0.3) is 5.91 Å². The molecule has 1 aromatic rings. The Bertz CT molecular complexity index is 461. The van der Waals surface area contributed by atoms with Crippen LogP contribution in [0.5, 0.6) is 11.5 Å². The van der Waals surface area contributed by atoms with Crippen LogP contribution in [0.1, 0.15) is 26.3 Å². The summed E-state index contributed by atoms with van der Waals surface area (Å²) in [5, 5.41) is 3.25. The Labute approximate surface area is 127 Å². The number of methoxy groups -OCH3 is 1. The van der Waals surface area contributed by atoms with Crippen LogP contribution in [0.15, 0.2) is 18.2 Å². The summed E-state index contributed by atoms with van der Waals surface area (Å²) in [6, 6.07) is 5.87. The maximum atomic E-state index is 12.0. The topological polar surface area (TPSA) is 50.8 Å². The molecule has 1 N–H and O–H groups in total. The summed E-state index contributed by atoms with van der Waals surface area (Å²) in [4.78, 5) is 13.7. The lowest BCUT2D eigenvalue weighted by Gasteiger charge is -2.22. The van der Waals surface area contributed by atoms with Crippen molar-refractivity contribution in [3.63, 3.8) is 0 Å². The Balaban J connectivity index is 2.82. The molecular formula is C16H26N2O3. The number of carbonyl (C=O) groups excluding carboxylic acids is 1. The van der Waals surface area contributed by atoms with E-state index in [4.69, 9.17) is 9.47 Å². The number of hydrogen-bond acceptors (Lipinski definition) is 4. The fourth-order valence-electron chi connectivity index (χ4n) is 1.81. The Kier molecular flexibility index (Phi) is 7.02. The average Bonchev–Trinajstić information content (AvgIpc) is 2.49. The first-order chi connectivity index (χ1) is 10.0. The molecule has 0 spiro atoms. The van der Waals surface area contributed by atoms with E-state index >= 15 is 0 Å². The van der Waals surface area contributed by atoms with Crippen LogP contribution < -0.4 is 14.8 Å². The van der Waals surface area contributed by atoms with E-state index in [9.17, 15) is 4.79 Å². The summed E-state index contributed by atoms with van der Waals surface area (Å²) >= 11 is 0. The van der Waals surface area contributed by atoms with Gasteiger partial charge in [-0.2, -0.15) is 0 Å². The van der Waals surface area contributed by atoms with Crippen molar-refractivity contribution in [2.75, 3.05) is 27.3 Å². The molecule has 5 heteroatoms. The first kappa shape index (κ1) is 17.3. The van der Waals surface area contributed by atoms with Gasteiger partial charge in [0.05, 0.1) is 7.11 Å². The summed E-state index contributed by atoms with van der Waals surface area (Å²) < 4.78 is 11.1. The van der Waals surface area contributed by atoms with Crippen LogP contribution in [0, 0.1) is 0 Å². The summed E-state index contributed by atoms with van der Waals surface area (Å²) in [5.74, 6) is 1.22. The molecular weight excluding hydrogens is 268 g/mol. The van der Waals surface area contributed by atoms with Crippen LogP contribution in [0.25, 0.3) is 0 Å². The number of likely N-dealkylation sites (N-methyl/N-ethyl adjacent to an activating group) is 1. The fourth-order valence-corrected chi connectivity index (χ4v) is 1.81. The monoisotopic (exact) mass is 294 g/mol. The number of hydrogen-bond donors (Lipinski definition) is 1. The van der Waals surface area contributed by atoms with Crippen molar-refractivity contribution in [2.24, 2.45) is 0 Å². The standard InChI is InChI=1S/C16H26N2O3/c1-6-17-10-13-8-7-9-14(20-5)16(13)21-11-15(19)18(4)12(2)3/h7-9,12,17H,6,10-11H2,1-5H3. The van der Waals surface area contributed by atoms with Gasteiger partial charge in [0.1, 0.15) is 0 Å². The molecule has 1 amide bonds. The Morgan fingerprint density at radius 1 is 1.38 bits per heavy atom. The SMILES string of the molecule is CCNCc1cccc(OC)c1OCC(=O)N(C)C(C)C. The number of nitrogens with zero attached hydrogens (tertiary/aromatic N) is 1. The molecule has 0 aromatic heterocycles. The number of para-hydroxylation sites is 1. The van der Waals surface area contributed by atoms with Crippen LogP contribution in [-0.4, -0.2) is 44.2 Å². The van der Waals surface area contributed by atoms with E-state index in [0.29, 0.717) is 18.0 Å². The van der Waals surface area contributed by atoms with Crippen molar-refractivity contribution in [1.29, 1.82) is 0 Å². The van der Waals surface area contributed by atoms with Crippen LogP contribution in [0.2, 0.25) is 0 Å². The van der Waals surface area contributed by atoms with E-state index in [1.807, 2.05) is 39.0 Å². The highest BCUT2D eigenvalue weighted by Crippen LogP contribution is 2.31. The minimum absolute atomic E-state index is 0.00811. The third kappa shape index (κ3) is 4.93. The lowest BCUT2D eigenvalue weighted by molar-refractivity contribution is -0.133. The minimum Gasteiger partial charge on any atom is -0.493 e. The summed E-state index contributed by atoms with van der Waals surface area (Å²) in [7, 11) is 3.37. The molecule has 0 bridgehead atoms. The van der Waals surface area contributed by atoms with E-state index in [-0.39, 0.29) is 18.6 Å². The molecule has 0 aliphatic carbocycles. The molecule has 21 heavy (non-hydrogen) atoms. The van der Waals surface area contributed by atoms with Crippen molar-refractivity contribution >= 4 is 5.91 Å². The van der Waals surface area contributed by atoms with Crippen LogP contribution >= 0.6 is 0 Å². The molecule has 1 rings (SSSR count). The van der Waals surface area contributed by atoms with E-state index in [1.165, 1.54) is 0 Å². The molecule has 0 unspecified atom stereocenters. The zero-order chi connectivity index (χ0) is 15.8. The average molecular weight is 294 g/mol. The predicted octanol–water partition coefficient (Wildman–Crippen LogP) is 2.05. The second-order valence-corrected chi connectivity index (χ2v) is 5.12. The minimum atomic E-state index is -0.0506. The van der Waals surface area contributed by atoms with Crippen molar-refractivity contribution in [2.45, 2.75) is 33.4 Å². The number of ether oxygens (including phenoxy) is 2. The molecule has 1 aromatic carbocycles. The van der Waals surface area contributed by atoms with Gasteiger partial charge in [-0.25, -0.2) is 0 Å². The molecule has 0 heterocycles. The number of nitrogens with one attached hydrogen (secondary N) is 1. The highest BCUT2D eigenvalue weighted by atomic mass is 16.5. The van der Waals surface area contributed by atoms with Gasteiger partial charge >= 0.3 is 0 Å². The molecule has 0 fully saturated rings. The number of amides is 1. The summed E-state index contributed by atoms with van der Waals surface area (Å²) in [6.45, 7) is 7.54. The zero-order valence-electron chi connectivity index (χ0n) is 13.6. The molecule has 118 valence electrons. The second kappa shape index (κ2) is 8.52. The largest absolute Gasteiger partial charge is 0.493 e. The maximum absolute atomic E-state index is 12.0. The van der Waals surface area contributed by atoms with Crippen molar-refractivity contribution < 1.29 is 14.3 Å². The third-order valence-electron chi connectivity index (χ3n) is 3.35. The van der Waals surface area contributed by atoms with Gasteiger partial charge < -0.3 is 19.7 Å². The van der Waals surface area contributed by atoms with Crippen molar-refractivity contribution in [3.8, 4) is 11.5 Å². The molecule has 0 saturated carbocycles. The van der Waals surface area contributed by atoms with Crippen molar-refractivity contribution in [3.05, 3.63) is 23.8 Å². The fraction of sp³-hybridized carbons (Fsp3) is 0.562. The maximum Gasteiger partial charge on any atom is 0.260 e. The first-order valence-electron chi connectivity index (χ1n) is 7.26. The molecule has 0 aliphatic rings. The lowest BCUT2D eigenvalue weighted by atomic mass is 10.2. The van der Waals surface area contributed by atoms with Crippen LogP contribution in [0.4, 0.5) is 0 Å². The summed E-state index contributed by atoms with van der Waals surface area (Å²) in [6.07, 6.45) is 0. The van der Waals surface area contributed by atoms with E-state index < -0.39 is 0 Å². The van der Waals surface area contributed by atoms with Gasteiger partial charge in [-0.1, -0.05) is 19.1 Å². The summed E-state index contributed by atoms with van der Waals surface area (Å²) in [5.41, 5.74) is 0.983.